The van der Waals surface area contributed by atoms with Crippen molar-refractivity contribution >= 4 is 29.5 Å². The Balaban J connectivity index is 0.000000309. The van der Waals surface area contributed by atoms with E-state index in [1.807, 2.05) is 36.4 Å². The SMILES string of the molecule is FC(F)[SH]1c2ccccc2Nc2ccccc21.F[B-](F)(F)F. The van der Waals surface area contributed by atoms with Gasteiger partial charge in [-0.3, -0.25) is 0 Å². The molecule has 2 aromatic rings. The van der Waals surface area contributed by atoms with Crippen LogP contribution in [0.15, 0.2) is 58.3 Å². The molecule has 1 heterocycles. The second-order valence-electron chi connectivity index (χ2n) is 4.30. The van der Waals surface area contributed by atoms with Crippen molar-refractivity contribution in [2.24, 2.45) is 0 Å². The van der Waals surface area contributed by atoms with Gasteiger partial charge in [-0.2, -0.15) is 8.78 Å². The molecular formula is C13H11BF6NS-. The number of hydrogen-bond donors (Lipinski definition) is 2. The molecule has 9 heteroatoms. The minimum atomic E-state index is -6.00. The fourth-order valence-electron chi connectivity index (χ4n) is 2.06. The number of alkyl halides is 2. The fourth-order valence-corrected chi connectivity index (χ4v) is 4.02. The Hall–Kier alpha value is -1.77. The van der Waals surface area contributed by atoms with Gasteiger partial charge in [0.15, 0.2) is 0 Å². The first-order valence-electron chi connectivity index (χ1n) is 6.17. The number of thiol groups is 1. The number of fused-ring (bicyclic) bond motifs is 2. The summed E-state index contributed by atoms with van der Waals surface area (Å²) in [6.45, 7) is 0. The molecule has 3 rings (SSSR count). The van der Waals surface area contributed by atoms with Crippen LogP contribution >= 0.6 is 10.9 Å². The summed E-state index contributed by atoms with van der Waals surface area (Å²) >= 11 is 0. The average Bonchev–Trinajstić information content (AvgIpc) is 2.42. The van der Waals surface area contributed by atoms with Gasteiger partial charge in [-0.15, -0.1) is 10.9 Å². The lowest BCUT2D eigenvalue weighted by atomic mass is 10.2. The first kappa shape index (κ1) is 16.6. The van der Waals surface area contributed by atoms with Gasteiger partial charge in [0.1, 0.15) is 0 Å². The van der Waals surface area contributed by atoms with Gasteiger partial charge in [-0.05, 0) is 24.3 Å². The molecular weight excluding hydrogens is 327 g/mol. The fraction of sp³-hybridized carbons (Fsp3) is 0.0769. The van der Waals surface area contributed by atoms with Crippen molar-refractivity contribution < 1.29 is 26.0 Å². The Labute approximate surface area is 125 Å². The largest absolute Gasteiger partial charge is 0.673 e. The maximum atomic E-state index is 13.3. The lowest BCUT2D eigenvalue weighted by molar-refractivity contribution is 0.249. The molecule has 0 saturated carbocycles. The zero-order valence-electron chi connectivity index (χ0n) is 11.0. The highest BCUT2D eigenvalue weighted by atomic mass is 32.2. The normalized spacial score (nSPS) is 14.4. The van der Waals surface area contributed by atoms with Crippen LogP contribution in [-0.4, -0.2) is 13.0 Å². The van der Waals surface area contributed by atoms with Gasteiger partial charge in [-0.25, -0.2) is 0 Å². The Kier molecular flexibility index (Phi) is 4.95. The molecule has 0 amide bonds. The standard InChI is InChI=1S/C13H11F2NS.BF4/c14-13(15)17-11-7-3-1-5-9(11)16-10-6-2-4-8-12(10)17;2-1(3,4)5/h1-8,13,16-17H;/q;-1. The first-order valence-corrected chi connectivity index (χ1v) is 7.58. The highest BCUT2D eigenvalue weighted by Crippen LogP contribution is 2.58. The quantitative estimate of drug-likeness (QED) is 0.387. The van der Waals surface area contributed by atoms with Crippen molar-refractivity contribution in [3.63, 3.8) is 0 Å². The molecule has 1 N–H and O–H groups in total. The van der Waals surface area contributed by atoms with Gasteiger partial charge in [0, 0.05) is 9.79 Å². The maximum Gasteiger partial charge on any atom is 0.673 e. The van der Waals surface area contributed by atoms with Crippen LogP contribution in [-0.2, 0) is 0 Å². The van der Waals surface area contributed by atoms with Crippen LogP contribution in [0.5, 0.6) is 0 Å². The zero-order valence-corrected chi connectivity index (χ0v) is 11.9. The van der Waals surface area contributed by atoms with Crippen LogP contribution < -0.4 is 5.32 Å². The molecule has 120 valence electrons. The van der Waals surface area contributed by atoms with Crippen molar-refractivity contribution in [2.45, 2.75) is 15.5 Å². The molecule has 0 unspecified atom stereocenters. The van der Waals surface area contributed by atoms with E-state index in [-0.39, 0.29) is 0 Å². The summed E-state index contributed by atoms with van der Waals surface area (Å²) in [5.41, 5.74) is 1.61. The molecule has 1 aliphatic rings. The van der Waals surface area contributed by atoms with Crippen LogP contribution in [0.3, 0.4) is 0 Å². The summed E-state index contributed by atoms with van der Waals surface area (Å²) in [6.07, 6.45) is 0. The van der Waals surface area contributed by atoms with Crippen LogP contribution in [0, 0.1) is 0 Å². The molecule has 0 bridgehead atoms. The Bertz CT molecular complexity index is 597. The molecule has 0 atom stereocenters. The minimum absolute atomic E-state index is 0.733. The van der Waals surface area contributed by atoms with Crippen LogP contribution in [0.2, 0.25) is 0 Å². The molecule has 0 fully saturated rings. The van der Waals surface area contributed by atoms with E-state index < -0.39 is 23.9 Å². The van der Waals surface area contributed by atoms with Crippen molar-refractivity contribution in [1.29, 1.82) is 0 Å². The third-order valence-corrected chi connectivity index (χ3v) is 5.00. The predicted molar refractivity (Wildman–Crippen MR) is 77.9 cm³/mol. The van der Waals surface area contributed by atoms with Gasteiger partial charge in [0.2, 0.25) is 0 Å². The Morgan fingerprint density at radius 1 is 0.773 bits per heavy atom. The number of rotatable bonds is 1. The number of para-hydroxylation sites is 2. The van der Waals surface area contributed by atoms with Gasteiger partial charge < -0.3 is 22.6 Å². The Morgan fingerprint density at radius 2 is 1.14 bits per heavy atom. The number of nitrogens with one attached hydrogen (secondary N) is 1. The molecule has 1 aliphatic heterocycles. The summed E-state index contributed by atoms with van der Waals surface area (Å²) in [6, 6.07) is 14.6. The predicted octanol–water partition coefficient (Wildman–Crippen LogP) is 5.69. The highest BCUT2D eigenvalue weighted by molar-refractivity contribution is 8.17. The van der Waals surface area contributed by atoms with Crippen LogP contribution in [0.4, 0.5) is 37.4 Å². The summed E-state index contributed by atoms with van der Waals surface area (Å²) in [4.78, 5) is 1.47. The third-order valence-electron chi connectivity index (χ3n) is 2.79. The summed E-state index contributed by atoms with van der Waals surface area (Å²) in [5, 5.41) is 3.21. The third kappa shape index (κ3) is 4.13. The number of anilines is 2. The molecule has 2 aromatic carbocycles. The van der Waals surface area contributed by atoms with Gasteiger partial charge >= 0.3 is 7.25 Å². The zero-order chi connectivity index (χ0) is 16.3. The van der Waals surface area contributed by atoms with Gasteiger partial charge in [0.25, 0.3) is 5.76 Å². The van der Waals surface area contributed by atoms with Gasteiger partial charge in [0.05, 0.1) is 11.4 Å². The van der Waals surface area contributed by atoms with E-state index in [0.717, 1.165) is 21.2 Å². The van der Waals surface area contributed by atoms with E-state index in [1.165, 1.54) is 0 Å². The van der Waals surface area contributed by atoms with Crippen molar-refractivity contribution in [2.75, 3.05) is 5.32 Å². The van der Waals surface area contributed by atoms with E-state index in [1.54, 1.807) is 12.1 Å². The maximum absolute atomic E-state index is 13.3. The van der Waals surface area contributed by atoms with E-state index in [9.17, 15) is 26.0 Å². The number of hydrogen-bond acceptors (Lipinski definition) is 1. The average molecular weight is 338 g/mol. The van der Waals surface area contributed by atoms with Crippen LogP contribution in [0.25, 0.3) is 0 Å². The summed E-state index contributed by atoms with van der Waals surface area (Å²) in [5.74, 6) is -2.32. The van der Waals surface area contributed by atoms with Crippen molar-refractivity contribution in [1.82, 2.24) is 0 Å². The molecule has 0 radical (unpaired) electrons. The van der Waals surface area contributed by atoms with Crippen molar-refractivity contribution in [3.05, 3.63) is 48.5 Å². The van der Waals surface area contributed by atoms with E-state index in [2.05, 4.69) is 5.32 Å². The molecule has 0 aliphatic carbocycles. The number of halogens is 6. The number of benzene rings is 2. The minimum Gasteiger partial charge on any atom is -0.418 e. The smallest absolute Gasteiger partial charge is 0.418 e. The van der Waals surface area contributed by atoms with E-state index >= 15 is 0 Å². The van der Waals surface area contributed by atoms with Crippen LogP contribution in [0.1, 0.15) is 0 Å². The molecule has 1 nitrogen and oxygen atoms in total. The summed E-state index contributed by atoms with van der Waals surface area (Å²) in [7, 11) is -7.56. The van der Waals surface area contributed by atoms with Gasteiger partial charge in [-0.1, -0.05) is 24.3 Å². The lowest BCUT2D eigenvalue weighted by Gasteiger charge is -2.31. The van der Waals surface area contributed by atoms with Crippen molar-refractivity contribution in [3.8, 4) is 0 Å². The first-order chi connectivity index (χ1) is 10.3. The lowest BCUT2D eigenvalue weighted by Crippen LogP contribution is -2.07. The molecule has 0 spiro atoms. The highest BCUT2D eigenvalue weighted by Gasteiger charge is 2.28. The monoisotopic (exact) mass is 338 g/mol. The molecule has 22 heavy (non-hydrogen) atoms. The second-order valence-corrected chi connectivity index (χ2v) is 6.40. The van der Waals surface area contributed by atoms with E-state index in [0.29, 0.717) is 0 Å². The topological polar surface area (TPSA) is 12.0 Å². The molecule has 0 saturated heterocycles. The van der Waals surface area contributed by atoms with E-state index in [4.69, 9.17) is 0 Å². The Morgan fingerprint density at radius 3 is 1.50 bits per heavy atom. The molecule has 0 aromatic heterocycles. The summed E-state index contributed by atoms with van der Waals surface area (Å²) < 4.78 is 65.6. The second kappa shape index (κ2) is 6.56.